The number of nitrogens with one attached hydrogen (secondary N) is 1. The quantitative estimate of drug-likeness (QED) is 0.632. The van der Waals surface area contributed by atoms with Crippen molar-refractivity contribution >= 4 is 6.01 Å². The Balaban J connectivity index is 1.87. The van der Waals surface area contributed by atoms with E-state index in [9.17, 15) is 0 Å². The van der Waals surface area contributed by atoms with Gasteiger partial charge in [-0.1, -0.05) is 30.8 Å². The number of hydrogen-bond donors (Lipinski definition) is 1. The van der Waals surface area contributed by atoms with E-state index < -0.39 is 0 Å². The van der Waals surface area contributed by atoms with E-state index in [1.54, 1.807) is 7.11 Å². The summed E-state index contributed by atoms with van der Waals surface area (Å²) in [5.41, 5.74) is 0. The molecule has 0 amide bonds. The van der Waals surface area contributed by atoms with Crippen LogP contribution in [0.15, 0.2) is 4.52 Å². The summed E-state index contributed by atoms with van der Waals surface area (Å²) in [6, 6.07) is 0.515. The van der Waals surface area contributed by atoms with Gasteiger partial charge in [0.05, 0.1) is 6.61 Å². The molecule has 1 aliphatic carbocycles. The van der Waals surface area contributed by atoms with Crippen LogP contribution in [0.1, 0.15) is 50.3 Å². The van der Waals surface area contributed by atoms with Crippen LogP contribution < -0.4 is 5.32 Å². The predicted molar refractivity (Wildman–Crippen MR) is 65.1 cm³/mol. The van der Waals surface area contributed by atoms with Crippen molar-refractivity contribution in [2.24, 2.45) is 0 Å². The molecule has 5 heteroatoms. The molecule has 1 N–H and O–H groups in total. The maximum absolute atomic E-state index is 5.18. The molecule has 96 valence electrons. The first kappa shape index (κ1) is 12.4. The number of methoxy groups -OCH3 is 1. The van der Waals surface area contributed by atoms with Crippen molar-refractivity contribution in [1.82, 2.24) is 10.1 Å². The van der Waals surface area contributed by atoms with Gasteiger partial charge in [-0.3, -0.25) is 0 Å². The highest BCUT2D eigenvalue weighted by atomic mass is 16.5. The van der Waals surface area contributed by atoms with Crippen LogP contribution in [-0.4, -0.2) is 30.4 Å². The first-order valence-electron chi connectivity index (χ1n) is 6.46. The second kappa shape index (κ2) is 6.59. The third-order valence-corrected chi connectivity index (χ3v) is 3.24. The molecular formula is C12H21N3O2. The zero-order chi connectivity index (χ0) is 11.9. The Morgan fingerprint density at radius 2 is 2.06 bits per heavy atom. The average molecular weight is 239 g/mol. The van der Waals surface area contributed by atoms with Crippen molar-refractivity contribution in [3.05, 3.63) is 5.82 Å². The van der Waals surface area contributed by atoms with Crippen molar-refractivity contribution in [3.63, 3.8) is 0 Å². The van der Waals surface area contributed by atoms with Crippen LogP contribution >= 0.6 is 0 Å². The highest BCUT2D eigenvalue weighted by Gasteiger charge is 2.19. The van der Waals surface area contributed by atoms with Crippen molar-refractivity contribution in [1.29, 1.82) is 0 Å². The van der Waals surface area contributed by atoms with E-state index in [0.29, 0.717) is 25.1 Å². The zero-order valence-electron chi connectivity index (χ0n) is 10.4. The first-order chi connectivity index (χ1) is 8.40. The topological polar surface area (TPSA) is 60.2 Å². The van der Waals surface area contributed by atoms with Crippen molar-refractivity contribution in [3.8, 4) is 0 Å². The van der Waals surface area contributed by atoms with Crippen molar-refractivity contribution < 1.29 is 9.26 Å². The third kappa shape index (κ3) is 3.70. The summed E-state index contributed by atoms with van der Waals surface area (Å²) in [4.78, 5) is 4.40. The molecule has 1 aliphatic rings. The number of aromatic nitrogens is 2. The van der Waals surface area contributed by atoms with Gasteiger partial charge in [0, 0.05) is 19.6 Å². The van der Waals surface area contributed by atoms with E-state index in [2.05, 4.69) is 15.5 Å². The highest BCUT2D eigenvalue weighted by Crippen LogP contribution is 2.30. The van der Waals surface area contributed by atoms with Crippen LogP contribution in [0.3, 0.4) is 0 Å². The van der Waals surface area contributed by atoms with E-state index in [0.717, 1.165) is 5.82 Å². The van der Waals surface area contributed by atoms with Gasteiger partial charge < -0.3 is 14.6 Å². The maximum Gasteiger partial charge on any atom is 0.321 e. The molecule has 1 heterocycles. The minimum absolute atomic E-state index is 0.485. The van der Waals surface area contributed by atoms with E-state index in [1.807, 2.05) is 0 Å². The normalized spacial score (nSPS) is 17.9. The van der Waals surface area contributed by atoms with Gasteiger partial charge in [-0.15, -0.1) is 0 Å². The molecule has 0 atom stereocenters. The second-order valence-electron chi connectivity index (χ2n) is 4.57. The Hall–Kier alpha value is -1.10. The van der Waals surface area contributed by atoms with Gasteiger partial charge in [-0.2, -0.15) is 4.98 Å². The van der Waals surface area contributed by atoms with E-state index in [4.69, 9.17) is 9.26 Å². The number of anilines is 1. The van der Waals surface area contributed by atoms with Crippen molar-refractivity contribution in [2.75, 3.05) is 25.6 Å². The molecule has 1 aromatic heterocycles. The van der Waals surface area contributed by atoms with Crippen LogP contribution in [-0.2, 0) is 4.74 Å². The second-order valence-corrected chi connectivity index (χ2v) is 4.57. The predicted octanol–water partition coefficient (Wildman–Crippen LogP) is 2.57. The standard InChI is InChI=1S/C12H21N3O2/c1-16-9-8-13-12-14-11(15-17-12)10-6-4-2-3-5-7-10/h10H,2-9H2,1H3,(H,13,14,15). The minimum Gasteiger partial charge on any atom is -0.383 e. The lowest BCUT2D eigenvalue weighted by atomic mass is 10.00. The lowest BCUT2D eigenvalue weighted by Gasteiger charge is -2.07. The molecule has 17 heavy (non-hydrogen) atoms. The molecule has 1 saturated carbocycles. The molecule has 0 aromatic carbocycles. The van der Waals surface area contributed by atoms with E-state index in [1.165, 1.54) is 38.5 Å². The fraction of sp³-hybridized carbons (Fsp3) is 0.833. The van der Waals surface area contributed by atoms with Crippen LogP contribution in [0.4, 0.5) is 6.01 Å². The first-order valence-corrected chi connectivity index (χ1v) is 6.46. The van der Waals surface area contributed by atoms with E-state index >= 15 is 0 Å². The van der Waals surface area contributed by atoms with Gasteiger partial charge in [0.2, 0.25) is 0 Å². The van der Waals surface area contributed by atoms with Gasteiger partial charge in [-0.05, 0) is 12.8 Å². The molecule has 0 radical (unpaired) electrons. The summed E-state index contributed by atoms with van der Waals surface area (Å²) in [6.07, 6.45) is 7.63. The highest BCUT2D eigenvalue weighted by molar-refractivity contribution is 5.19. The molecule has 0 unspecified atom stereocenters. The molecular weight excluding hydrogens is 218 g/mol. The fourth-order valence-electron chi connectivity index (χ4n) is 2.27. The summed E-state index contributed by atoms with van der Waals surface area (Å²) >= 11 is 0. The average Bonchev–Trinajstić information content (AvgIpc) is 2.64. The van der Waals surface area contributed by atoms with Gasteiger partial charge in [0.15, 0.2) is 5.82 Å². The summed E-state index contributed by atoms with van der Waals surface area (Å²) in [5, 5.41) is 7.13. The SMILES string of the molecule is COCCNc1nc(C2CCCCCC2)no1. The number of nitrogens with zero attached hydrogens (tertiary/aromatic N) is 2. The van der Waals surface area contributed by atoms with Crippen LogP contribution in [0.2, 0.25) is 0 Å². The van der Waals surface area contributed by atoms with Crippen LogP contribution in [0, 0.1) is 0 Å². The van der Waals surface area contributed by atoms with Gasteiger partial charge in [0.25, 0.3) is 0 Å². The summed E-state index contributed by atoms with van der Waals surface area (Å²) in [6.45, 7) is 1.34. The van der Waals surface area contributed by atoms with Crippen LogP contribution in [0.25, 0.3) is 0 Å². The van der Waals surface area contributed by atoms with Crippen molar-refractivity contribution in [2.45, 2.75) is 44.4 Å². The maximum atomic E-state index is 5.18. The lowest BCUT2D eigenvalue weighted by Crippen LogP contribution is -2.08. The van der Waals surface area contributed by atoms with Gasteiger partial charge >= 0.3 is 6.01 Å². The fourth-order valence-corrected chi connectivity index (χ4v) is 2.27. The molecule has 1 fully saturated rings. The Labute approximate surface area is 102 Å². The largest absolute Gasteiger partial charge is 0.383 e. The Morgan fingerprint density at radius 3 is 2.76 bits per heavy atom. The molecule has 1 aromatic rings. The van der Waals surface area contributed by atoms with Gasteiger partial charge in [0.1, 0.15) is 0 Å². The summed E-state index contributed by atoms with van der Waals surface area (Å²) < 4.78 is 10.1. The molecule has 0 saturated heterocycles. The smallest absolute Gasteiger partial charge is 0.321 e. The monoisotopic (exact) mass is 239 g/mol. The summed E-state index contributed by atoms with van der Waals surface area (Å²) in [7, 11) is 1.67. The lowest BCUT2D eigenvalue weighted by molar-refractivity contribution is 0.210. The Morgan fingerprint density at radius 1 is 1.29 bits per heavy atom. The minimum atomic E-state index is 0.485. The number of rotatable bonds is 5. The van der Waals surface area contributed by atoms with E-state index in [-0.39, 0.29) is 0 Å². The Bertz CT molecular complexity index is 319. The molecule has 0 aliphatic heterocycles. The zero-order valence-corrected chi connectivity index (χ0v) is 10.4. The molecule has 5 nitrogen and oxygen atoms in total. The molecule has 0 spiro atoms. The Kier molecular flexibility index (Phi) is 4.79. The molecule has 2 rings (SSSR count). The van der Waals surface area contributed by atoms with Crippen LogP contribution in [0.5, 0.6) is 0 Å². The summed E-state index contributed by atoms with van der Waals surface area (Å²) in [5.74, 6) is 1.35. The number of ether oxygens (including phenoxy) is 1. The third-order valence-electron chi connectivity index (χ3n) is 3.24. The molecule has 0 bridgehead atoms. The van der Waals surface area contributed by atoms with Gasteiger partial charge in [-0.25, -0.2) is 0 Å². The number of hydrogen-bond acceptors (Lipinski definition) is 5.